The van der Waals surface area contributed by atoms with E-state index in [9.17, 15) is 0 Å². The van der Waals surface area contributed by atoms with Crippen molar-refractivity contribution in [2.75, 3.05) is 6.54 Å². The van der Waals surface area contributed by atoms with Crippen LogP contribution in [0, 0.1) is 5.41 Å². The van der Waals surface area contributed by atoms with Gasteiger partial charge in [0.1, 0.15) is 0 Å². The Morgan fingerprint density at radius 2 is 2.17 bits per heavy atom. The van der Waals surface area contributed by atoms with Crippen LogP contribution in [0.5, 0.6) is 0 Å². The van der Waals surface area contributed by atoms with Crippen molar-refractivity contribution in [3.8, 4) is 0 Å². The van der Waals surface area contributed by atoms with E-state index in [0.29, 0.717) is 11.5 Å². The number of hydrogen-bond acceptors (Lipinski definition) is 1. The molecule has 1 aliphatic rings. The fourth-order valence-electron chi connectivity index (χ4n) is 1.71. The van der Waals surface area contributed by atoms with Gasteiger partial charge in [0.05, 0.1) is 0 Å². The fourth-order valence-corrected chi connectivity index (χ4v) is 1.71. The molecule has 0 radical (unpaired) electrons. The Labute approximate surface area is 76.2 Å². The first kappa shape index (κ1) is 9.79. The van der Waals surface area contributed by atoms with E-state index < -0.39 is 0 Å². The summed E-state index contributed by atoms with van der Waals surface area (Å²) in [5, 5.41) is 3.56. The average Bonchev–Trinajstić information content (AvgIpc) is 2.68. The Kier molecular flexibility index (Phi) is 2.94. The molecule has 0 bridgehead atoms. The standard InChI is InChI=1S/C11H21N/c1-5-12-10(8-9(2)3)11(4)6-7-11/h10,12H,2,5-8H2,1,3-4H3. The molecule has 0 aromatic heterocycles. The molecule has 0 aromatic rings. The highest BCUT2D eigenvalue weighted by Crippen LogP contribution is 2.49. The highest BCUT2D eigenvalue weighted by molar-refractivity contribution is 5.04. The quantitative estimate of drug-likeness (QED) is 0.621. The summed E-state index contributed by atoms with van der Waals surface area (Å²) in [4.78, 5) is 0. The van der Waals surface area contributed by atoms with E-state index in [4.69, 9.17) is 0 Å². The topological polar surface area (TPSA) is 12.0 Å². The molecule has 0 spiro atoms. The summed E-state index contributed by atoms with van der Waals surface area (Å²) < 4.78 is 0. The molecule has 0 aliphatic heterocycles. The van der Waals surface area contributed by atoms with E-state index in [2.05, 4.69) is 32.7 Å². The van der Waals surface area contributed by atoms with Crippen molar-refractivity contribution in [2.24, 2.45) is 5.41 Å². The zero-order valence-electron chi connectivity index (χ0n) is 8.61. The summed E-state index contributed by atoms with van der Waals surface area (Å²) in [7, 11) is 0. The van der Waals surface area contributed by atoms with Gasteiger partial charge in [-0.2, -0.15) is 0 Å². The van der Waals surface area contributed by atoms with Crippen molar-refractivity contribution in [1.82, 2.24) is 5.32 Å². The van der Waals surface area contributed by atoms with E-state index in [1.807, 2.05) is 0 Å². The average molecular weight is 167 g/mol. The summed E-state index contributed by atoms with van der Waals surface area (Å²) in [5.74, 6) is 0. The predicted molar refractivity (Wildman–Crippen MR) is 54.2 cm³/mol. The third-order valence-corrected chi connectivity index (χ3v) is 2.88. The van der Waals surface area contributed by atoms with Crippen molar-refractivity contribution in [1.29, 1.82) is 0 Å². The molecule has 12 heavy (non-hydrogen) atoms. The molecular weight excluding hydrogens is 146 g/mol. The van der Waals surface area contributed by atoms with Crippen LogP contribution in [0.15, 0.2) is 12.2 Å². The van der Waals surface area contributed by atoms with Crippen molar-refractivity contribution < 1.29 is 0 Å². The fraction of sp³-hybridized carbons (Fsp3) is 0.818. The molecule has 1 N–H and O–H groups in total. The third kappa shape index (κ3) is 2.34. The van der Waals surface area contributed by atoms with Gasteiger partial charge in [0.2, 0.25) is 0 Å². The normalized spacial score (nSPS) is 21.9. The Morgan fingerprint density at radius 1 is 1.58 bits per heavy atom. The maximum Gasteiger partial charge on any atom is 0.0158 e. The molecule has 70 valence electrons. The first-order chi connectivity index (χ1) is 5.58. The van der Waals surface area contributed by atoms with Gasteiger partial charge in [-0.15, -0.1) is 6.58 Å². The first-order valence-corrected chi connectivity index (χ1v) is 4.96. The van der Waals surface area contributed by atoms with Crippen molar-refractivity contribution in [2.45, 2.75) is 46.1 Å². The van der Waals surface area contributed by atoms with Crippen LogP contribution in [0.3, 0.4) is 0 Å². The van der Waals surface area contributed by atoms with Gasteiger partial charge in [0.25, 0.3) is 0 Å². The molecule has 1 rings (SSSR count). The van der Waals surface area contributed by atoms with Gasteiger partial charge in [0.15, 0.2) is 0 Å². The van der Waals surface area contributed by atoms with E-state index in [1.165, 1.54) is 18.4 Å². The summed E-state index contributed by atoms with van der Waals surface area (Å²) in [5.41, 5.74) is 1.88. The molecule has 0 heterocycles. The molecule has 1 heteroatoms. The molecule has 1 aliphatic carbocycles. The van der Waals surface area contributed by atoms with Crippen molar-refractivity contribution >= 4 is 0 Å². The molecular formula is C11H21N. The van der Waals surface area contributed by atoms with E-state index in [0.717, 1.165) is 13.0 Å². The Hall–Kier alpha value is -0.300. The van der Waals surface area contributed by atoms with E-state index in [1.54, 1.807) is 0 Å². The second-order valence-corrected chi connectivity index (χ2v) is 4.43. The monoisotopic (exact) mass is 167 g/mol. The van der Waals surface area contributed by atoms with Crippen molar-refractivity contribution in [3.05, 3.63) is 12.2 Å². The molecule has 0 saturated heterocycles. The maximum atomic E-state index is 3.98. The highest BCUT2D eigenvalue weighted by atomic mass is 14.9. The van der Waals surface area contributed by atoms with Gasteiger partial charge in [0, 0.05) is 6.04 Å². The van der Waals surface area contributed by atoms with Crippen LogP contribution < -0.4 is 5.32 Å². The van der Waals surface area contributed by atoms with Gasteiger partial charge in [-0.3, -0.25) is 0 Å². The number of nitrogens with one attached hydrogen (secondary N) is 1. The lowest BCUT2D eigenvalue weighted by Gasteiger charge is -2.24. The van der Waals surface area contributed by atoms with E-state index >= 15 is 0 Å². The Bertz CT molecular complexity index is 168. The Balaban J connectivity index is 2.43. The minimum Gasteiger partial charge on any atom is -0.313 e. The zero-order chi connectivity index (χ0) is 9.19. The van der Waals surface area contributed by atoms with Crippen LogP contribution >= 0.6 is 0 Å². The van der Waals surface area contributed by atoms with E-state index in [-0.39, 0.29) is 0 Å². The molecule has 1 unspecified atom stereocenters. The molecule has 1 nitrogen and oxygen atoms in total. The lowest BCUT2D eigenvalue weighted by Crippen LogP contribution is -2.36. The van der Waals surface area contributed by atoms with Crippen LogP contribution in [-0.4, -0.2) is 12.6 Å². The summed E-state index contributed by atoms with van der Waals surface area (Å²) in [6.45, 7) is 11.7. The van der Waals surface area contributed by atoms with Gasteiger partial charge < -0.3 is 5.32 Å². The van der Waals surface area contributed by atoms with Gasteiger partial charge in [-0.25, -0.2) is 0 Å². The lowest BCUT2D eigenvalue weighted by molar-refractivity contribution is 0.360. The minimum absolute atomic E-state index is 0.578. The van der Waals surface area contributed by atoms with Crippen LogP contribution in [0.2, 0.25) is 0 Å². The predicted octanol–water partition coefficient (Wildman–Crippen LogP) is 2.73. The third-order valence-electron chi connectivity index (χ3n) is 2.88. The summed E-state index contributed by atoms with van der Waals surface area (Å²) in [6.07, 6.45) is 3.92. The van der Waals surface area contributed by atoms with Crippen LogP contribution in [-0.2, 0) is 0 Å². The SMILES string of the molecule is C=C(C)CC(NCC)C1(C)CC1. The zero-order valence-corrected chi connectivity index (χ0v) is 8.61. The largest absolute Gasteiger partial charge is 0.313 e. The second kappa shape index (κ2) is 3.61. The molecule has 1 fully saturated rings. The minimum atomic E-state index is 0.578. The smallest absolute Gasteiger partial charge is 0.0158 e. The van der Waals surface area contributed by atoms with Crippen molar-refractivity contribution in [3.63, 3.8) is 0 Å². The second-order valence-electron chi connectivity index (χ2n) is 4.43. The molecule has 1 atom stereocenters. The van der Waals surface area contributed by atoms with Gasteiger partial charge in [-0.1, -0.05) is 19.4 Å². The van der Waals surface area contributed by atoms with Gasteiger partial charge in [-0.05, 0) is 38.1 Å². The number of rotatable bonds is 5. The lowest BCUT2D eigenvalue weighted by atomic mass is 9.93. The molecule has 0 amide bonds. The van der Waals surface area contributed by atoms with Crippen LogP contribution in [0.4, 0.5) is 0 Å². The maximum absolute atomic E-state index is 3.98. The van der Waals surface area contributed by atoms with Crippen LogP contribution in [0.25, 0.3) is 0 Å². The molecule has 1 saturated carbocycles. The number of hydrogen-bond donors (Lipinski definition) is 1. The van der Waals surface area contributed by atoms with Gasteiger partial charge >= 0.3 is 0 Å². The Morgan fingerprint density at radius 3 is 2.50 bits per heavy atom. The molecule has 0 aromatic carbocycles. The highest BCUT2D eigenvalue weighted by Gasteiger charge is 2.43. The van der Waals surface area contributed by atoms with Crippen LogP contribution in [0.1, 0.15) is 40.0 Å². The summed E-state index contributed by atoms with van der Waals surface area (Å²) in [6, 6.07) is 0.667. The first-order valence-electron chi connectivity index (χ1n) is 4.96. The summed E-state index contributed by atoms with van der Waals surface area (Å²) >= 11 is 0.